The summed E-state index contributed by atoms with van der Waals surface area (Å²) in [5, 5.41) is 11.5. The lowest BCUT2D eigenvalue weighted by molar-refractivity contribution is -0.385. The van der Waals surface area contributed by atoms with Crippen LogP contribution >= 0.6 is 11.6 Å². The number of carbonyl (C=O) groups excluding carboxylic acids is 1. The average Bonchev–Trinajstić information content (AvgIpc) is 2.56. The number of benzene rings is 1. The van der Waals surface area contributed by atoms with Crippen LogP contribution in [0.1, 0.15) is 38.2 Å². The first-order valence-corrected chi connectivity index (χ1v) is 10.7. The van der Waals surface area contributed by atoms with Crippen LogP contribution in [0.25, 0.3) is 0 Å². The van der Waals surface area contributed by atoms with Gasteiger partial charge < -0.3 is 4.74 Å². The van der Waals surface area contributed by atoms with Gasteiger partial charge in [0.05, 0.1) is 24.4 Å². The van der Waals surface area contributed by atoms with Gasteiger partial charge in [0.25, 0.3) is 15.8 Å². The van der Waals surface area contributed by atoms with E-state index in [0.29, 0.717) is 17.0 Å². The van der Waals surface area contributed by atoms with Crippen LogP contribution in [0.5, 0.6) is 0 Å². The van der Waals surface area contributed by atoms with Gasteiger partial charge in [-0.3, -0.25) is 19.1 Å². The molecule has 0 aromatic heterocycles. The maximum atomic E-state index is 11.8. The van der Waals surface area contributed by atoms with Gasteiger partial charge in [-0.25, -0.2) is 0 Å². The van der Waals surface area contributed by atoms with E-state index in [2.05, 4.69) is 0 Å². The summed E-state index contributed by atoms with van der Waals surface area (Å²) in [6.45, 7) is 1.65. The fourth-order valence-corrected chi connectivity index (χ4v) is 3.03. The number of carbonyl (C=O) groups is 1. The lowest BCUT2D eigenvalue weighted by Crippen LogP contribution is -2.23. The van der Waals surface area contributed by atoms with E-state index in [1.54, 1.807) is 0 Å². The zero-order chi connectivity index (χ0) is 20.4. The minimum atomic E-state index is -3.70. The summed E-state index contributed by atoms with van der Waals surface area (Å²) >= 11 is 5.92. The Hall–Kier alpha value is -1.71. The molecule has 1 atom stereocenters. The van der Waals surface area contributed by atoms with Crippen LogP contribution in [-0.2, 0) is 30.3 Å². The topological polar surface area (TPSA) is 113 Å². The van der Waals surface area contributed by atoms with Crippen LogP contribution in [0.4, 0.5) is 5.69 Å². The number of ether oxygens (including phenoxy) is 1. The summed E-state index contributed by atoms with van der Waals surface area (Å²) in [4.78, 5) is 22.4. The zero-order valence-corrected chi connectivity index (χ0v) is 16.9. The lowest BCUT2D eigenvalue weighted by atomic mass is 9.99. The van der Waals surface area contributed by atoms with Crippen molar-refractivity contribution in [1.82, 2.24) is 0 Å². The first-order chi connectivity index (χ1) is 12.6. The Morgan fingerprint density at radius 2 is 2.00 bits per heavy atom. The van der Waals surface area contributed by atoms with Crippen molar-refractivity contribution in [3.63, 3.8) is 0 Å². The Morgan fingerprint density at radius 3 is 2.59 bits per heavy atom. The van der Waals surface area contributed by atoms with Gasteiger partial charge in [0, 0.05) is 29.0 Å². The molecule has 10 heteroatoms. The number of hydrogen-bond donors (Lipinski definition) is 0. The van der Waals surface area contributed by atoms with Gasteiger partial charge in [0.1, 0.15) is 0 Å². The highest BCUT2D eigenvalue weighted by molar-refractivity contribution is 7.85. The number of halogens is 1. The third-order valence-electron chi connectivity index (χ3n) is 3.73. The number of nitrogens with zero attached hydrogens (tertiary/aromatic N) is 1. The van der Waals surface area contributed by atoms with Crippen molar-refractivity contribution in [3.8, 4) is 0 Å². The molecule has 0 spiro atoms. The van der Waals surface area contributed by atoms with Gasteiger partial charge in [-0.1, -0.05) is 31.4 Å². The van der Waals surface area contributed by atoms with Crippen LogP contribution in [0.15, 0.2) is 18.2 Å². The normalized spacial score (nSPS) is 12.6. The third kappa shape index (κ3) is 9.69. The number of esters is 1. The Bertz CT molecular complexity index is 752. The highest BCUT2D eigenvalue weighted by Gasteiger charge is 2.21. The largest absolute Gasteiger partial charge is 0.465 e. The third-order valence-corrected chi connectivity index (χ3v) is 4.53. The quantitative estimate of drug-likeness (QED) is 0.167. The monoisotopic (exact) mass is 421 g/mol. The SMILES string of the molecule is CCCCCC(=O)OCC(COS(C)(=O)=O)Cc1cc(Cl)ccc1[N+](=O)[O-]. The fraction of sp³-hybridized carbons (Fsp3) is 0.588. The molecule has 1 rings (SSSR count). The van der Waals surface area contributed by atoms with E-state index in [-0.39, 0.29) is 31.7 Å². The summed E-state index contributed by atoms with van der Waals surface area (Å²) in [7, 11) is -3.70. The van der Waals surface area contributed by atoms with Crippen LogP contribution in [0, 0.1) is 16.0 Å². The van der Waals surface area contributed by atoms with Crippen molar-refractivity contribution < 1.29 is 27.1 Å². The summed E-state index contributed by atoms with van der Waals surface area (Å²) in [6.07, 6.45) is 3.84. The van der Waals surface area contributed by atoms with E-state index in [4.69, 9.17) is 20.5 Å². The van der Waals surface area contributed by atoms with E-state index in [9.17, 15) is 23.3 Å². The first kappa shape index (κ1) is 23.3. The van der Waals surface area contributed by atoms with Crippen molar-refractivity contribution in [2.75, 3.05) is 19.5 Å². The van der Waals surface area contributed by atoms with Gasteiger partial charge in [0.2, 0.25) is 0 Å². The van der Waals surface area contributed by atoms with Gasteiger partial charge in [-0.15, -0.1) is 0 Å². The number of nitro groups is 1. The Kier molecular flexibility index (Phi) is 9.68. The maximum Gasteiger partial charge on any atom is 0.305 e. The van der Waals surface area contributed by atoms with Crippen molar-refractivity contribution in [1.29, 1.82) is 0 Å². The molecule has 0 amide bonds. The van der Waals surface area contributed by atoms with Gasteiger partial charge in [0.15, 0.2) is 0 Å². The first-order valence-electron chi connectivity index (χ1n) is 8.55. The van der Waals surface area contributed by atoms with Crippen LogP contribution in [0.2, 0.25) is 5.02 Å². The van der Waals surface area contributed by atoms with E-state index in [1.165, 1.54) is 18.2 Å². The van der Waals surface area contributed by atoms with Crippen LogP contribution < -0.4 is 0 Å². The van der Waals surface area contributed by atoms with Gasteiger partial charge >= 0.3 is 5.97 Å². The van der Waals surface area contributed by atoms with Gasteiger partial charge in [-0.05, 0) is 25.0 Å². The molecule has 0 N–H and O–H groups in total. The van der Waals surface area contributed by atoms with Crippen LogP contribution in [-0.4, -0.2) is 38.8 Å². The fourth-order valence-electron chi connectivity index (χ4n) is 2.39. The van der Waals surface area contributed by atoms with E-state index >= 15 is 0 Å². The summed E-state index contributed by atoms with van der Waals surface area (Å²) in [5.74, 6) is -0.972. The molecule has 27 heavy (non-hydrogen) atoms. The molecular formula is C17H24ClNO7S. The maximum absolute atomic E-state index is 11.8. The van der Waals surface area contributed by atoms with E-state index < -0.39 is 26.9 Å². The Balaban J connectivity index is 2.84. The molecule has 0 aliphatic rings. The predicted molar refractivity (Wildman–Crippen MR) is 101 cm³/mol. The van der Waals surface area contributed by atoms with Crippen molar-refractivity contribution in [3.05, 3.63) is 38.9 Å². The molecule has 0 bridgehead atoms. The molecule has 1 unspecified atom stereocenters. The lowest BCUT2D eigenvalue weighted by Gasteiger charge is -2.17. The average molecular weight is 422 g/mol. The number of rotatable bonds is 12. The Morgan fingerprint density at radius 1 is 1.30 bits per heavy atom. The molecule has 8 nitrogen and oxygen atoms in total. The molecule has 152 valence electrons. The summed E-state index contributed by atoms with van der Waals surface area (Å²) in [5.41, 5.74) is 0.176. The molecule has 0 heterocycles. The second kappa shape index (κ2) is 11.2. The zero-order valence-electron chi connectivity index (χ0n) is 15.4. The van der Waals surface area contributed by atoms with E-state index in [1.807, 2.05) is 6.92 Å². The number of unbranched alkanes of at least 4 members (excludes halogenated alkanes) is 2. The molecule has 0 saturated heterocycles. The van der Waals surface area contributed by atoms with Crippen molar-refractivity contribution in [2.45, 2.75) is 39.0 Å². The predicted octanol–water partition coefficient (Wildman–Crippen LogP) is 3.51. The minimum absolute atomic E-state index is 0.0780. The molecule has 0 fully saturated rings. The second-order valence-electron chi connectivity index (χ2n) is 6.23. The molecule has 0 aliphatic carbocycles. The summed E-state index contributed by atoms with van der Waals surface area (Å²) in [6, 6.07) is 4.12. The molecule has 1 aromatic carbocycles. The molecule has 0 radical (unpaired) electrons. The van der Waals surface area contributed by atoms with Crippen molar-refractivity contribution in [2.24, 2.45) is 5.92 Å². The second-order valence-corrected chi connectivity index (χ2v) is 8.31. The molecule has 0 aliphatic heterocycles. The highest BCUT2D eigenvalue weighted by Crippen LogP contribution is 2.26. The molecule has 1 aromatic rings. The number of hydrogen-bond acceptors (Lipinski definition) is 7. The van der Waals surface area contributed by atoms with Gasteiger partial charge in [-0.2, -0.15) is 8.42 Å². The minimum Gasteiger partial charge on any atom is -0.465 e. The van der Waals surface area contributed by atoms with E-state index in [0.717, 1.165) is 19.1 Å². The molecule has 0 saturated carbocycles. The Labute approximate surface area is 164 Å². The standard InChI is InChI=1S/C17H24ClNO7S/c1-3-4-5-6-17(20)25-11-13(12-26-27(2,23)24)9-14-10-15(18)7-8-16(14)19(21)22/h7-8,10,13H,3-6,9,11-12H2,1-2H3. The summed E-state index contributed by atoms with van der Waals surface area (Å²) < 4.78 is 32.5. The van der Waals surface area contributed by atoms with Crippen molar-refractivity contribution >= 4 is 33.4 Å². The molecular weight excluding hydrogens is 398 g/mol. The highest BCUT2D eigenvalue weighted by atomic mass is 35.5. The smallest absolute Gasteiger partial charge is 0.305 e. The number of nitro benzene ring substituents is 1. The van der Waals surface area contributed by atoms with Crippen LogP contribution in [0.3, 0.4) is 0 Å².